The first kappa shape index (κ1) is 12.5. The van der Waals surface area contributed by atoms with Gasteiger partial charge in [-0.1, -0.05) is 20.8 Å². The van der Waals surface area contributed by atoms with Gasteiger partial charge in [0.2, 0.25) is 5.91 Å². The van der Waals surface area contributed by atoms with Gasteiger partial charge in [-0.05, 0) is 25.8 Å². The Hall–Kier alpha value is -0.570. The molecule has 0 aromatic heterocycles. The molecule has 0 saturated carbocycles. The van der Waals surface area contributed by atoms with Crippen molar-refractivity contribution in [3.8, 4) is 0 Å². The van der Waals surface area contributed by atoms with Crippen LogP contribution in [0.5, 0.6) is 0 Å². The minimum Gasteiger partial charge on any atom is -0.341 e. The molecule has 1 fully saturated rings. The molecule has 1 amide bonds. The first-order valence-electron chi connectivity index (χ1n) is 6.14. The zero-order valence-electron chi connectivity index (χ0n) is 10.3. The normalized spacial score (nSPS) is 18.7. The van der Waals surface area contributed by atoms with Crippen molar-refractivity contribution >= 4 is 5.91 Å². The van der Waals surface area contributed by atoms with Crippen molar-refractivity contribution in [2.45, 2.75) is 40.0 Å². The van der Waals surface area contributed by atoms with E-state index in [0.29, 0.717) is 5.91 Å². The van der Waals surface area contributed by atoms with Gasteiger partial charge in [-0.2, -0.15) is 0 Å². The van der Waals surface area contributed by atoms with Crippen LogP contribution in [0.15, 0.2) is 0 Å². The predicted octanol–water partition coefficient (Wildman–Crippen LogP) is 1.63. The Bertz CT molecular complexity index is 204. The summed E-state index contributed by atoms with van der Waals surface area (Å²) < 4.78 is 0. The molecule has 1 saturated heterocycles. The average molecular weight is 212 g/mol. The molecule has 0 bridgehead atoms. The van der Waals surface area contributed by atoms with Crippen LogP contribution in [0.3, 0.4) is 0 Å². The molecule has 1 aliphatic rings. The fraction of sp³-hybridized carbons (Fsp3) is 0.917. The molecule has 1 heterocycles. The van der Waals surface area contributed by atoms with Gasteiger partial charge in [-0.15, -0.1) is 0 Å². The van der Waals surface area contributed by atoms with Gasteiger partial charge in [0.05, 0.1) is 0 Å². The second kappa shape index (κ2) is 5.50. The molecule has 0 aromatic carbocycles. The van der Waals surface area contributed by atoms with Crippen molar-refractivity contribution in [1.29, 1.82) is 0 Å². The van der Waals surface area contributed by atoms with E-state index in [9.17, 15) is 4.79 Å². The van der Waals surface area contributed by atoms with Crippen LogP contribution in [0.1, 0.15) is 40.0 Å². The van der Waals surface area contributed by atoms with E-state index in [1.165, 1.54) is 0 Å². The van der Waals surface area contributed by atoms with Crippen LogP contribution in [0, 0.1) is 5.41 Å². The van der Waals surface area contributed by atoms with Crippen LogP contribution in [0.4, 0.5) is 0 Å². The van der Waals surface area contributed by atoms with Crippen LogP contribution in [-0.2, 0) is 4.79 Å². The molecule has 1 N–H and O–H groups in total. The monoisotopic (exact) mass is 212 g/mol. The standard InChI is InChI=1S/C12H24N2O/c1-4-12(3,5-2)11(15)14-9-6-7-13-8-10-14/h13H,4-10H2,1-3H3. The fourth-order valence-electron chi connectivity index (χ4n) is 1.98. The van der Waals surface area contributed by atoms with Crippen LogP contribution in [0.25, 0.3) is 0 Å². The lowest BCUT2D eigenvalue weighted by atomic mass is 9.83. The summed E-state index contributed by atoms with van der Waals surface area (Å²) in [6.45, 7) is 10.1. The summed E-state index contributed by atoms with van der Waals surface area (Å²) in [5, 5.41) is 3.33. The Morgan fingerprint density at radius 1 is 1.27 bits per heavy atom. The Kier molecular flexibility index (Phi) is 4.58. The summed E-state index contributed by atoms with van der Waals surface area (Å²) in [7, 11) is 0. The lowest BCUT2D eigenvalue weighted by Crippen LogP contribution is -2.43. The molecule has 0 atom stereocenters. The molecule has 0 spiro atoms. The third-order valence-electron chi connectivity index (χ3n) is 3.70. The Labute approximate surface area is 93.2 Å². The summed E-state index contributed by atoms with van der Waals surface area (Å²) in [5.41, 5.74) is -0.148. The zero-order chi connectivity index (χ0) is 11.3. The molecule has 0 radical (unpaired) electrons. The van der Waals surface area contributed by atoms with E-state index in [1.807, 2.05) is 4.90 Å². The maximum Gasteiger partial charge on any atom is 0.228 e. The second-order valence-electron chi connectivity index (χ2n) is 4.66. The Morgan fingerprint density at radius 2 is 1.93 bits per heavy atom. The number of nitrogens with zero attached hydrogens (tertiary/aromatic N) is 1. The van der Waals surface area contributed by atoms with Gasteiger partial charge in [-0.25, -0.2) is 0 Å². The molecule has 0 aliphatic carbocycles. The fourth-order valence-corrected chi connectivity index (χ4v) is 1.98. The molecule has 0 unspecified atom stereocenters. The molecule has 3 heteroatoms. The number of carbonyl (C=O) groups is 1. The number of hydrogen-bond acceptors (Lipinski definition) is 2. The second-order valence-corrected chi connectivity index (χ2v) is 4.66. The summed E-state index contributed by atoms with van der Waals surface area (Å²) in [4.78, 5) is 14.4. The molecule has 0 aromatic rings. The minimum absolute atomic E-state index is 0.148. The van der Waals surface area contributed by atoms with E-state index in [4.69, 9.17) is 0 Å². The molecular weight excluding hydrogens is 188 g/mol. The van der Waals surface area contributed by atoms with Gasteiger partial charge in [-0.3, -0.25) is 4.79 Å². The Balaban J connectivity index is 2.64. The van der Waals surface area contributed by atoms with Crippen LogP contribution in [-0.4, -0.2) is 37.0 Å². The third-order valence-corrected chi connectivity index (χ3v) is 3.70. The SMILES string of the molecule is CCC(C)(CC)C(=O)N1CCCNCC1. The highest BCUT2D eigenvalue weighted by molar-refractivity contribution is 5.82. The van der Waals surface area contributed by atoms with Gasteiger partial charge >= 0.3 is 0 Å². The lowest BCUT2D eigenvalue weighted by Gasteiger charge is -2.32. The minimum atomic E-state index is -0.148. The van der Waals surface area contributed by atoms with Crippen LogP contribution in [0.2, 0.25) is 0 Å². The highest BCUT2D eigenvalue weighted by atomic mass is 16.2. The smallest absolute Gasteiger partial charge is 0.228 e. The summed E-state index contributed by atoms with van der Waals surface area (Å²) in [6, 6.07) is 0. The quantitative estimate of drug-likeness (QED) is 0.771. The van der Waals surface area contributed by atoms with Gasteiger partial charge in [0.25, 0.3) is 0 Å². The zero-order valence-corrected chi connectivity index (χ0v) is 10.3. The van der Waals surface area contributed by atoms with Crippen molar-refractivity contribution in [1.82, 2.24) is 10.2 Å². The van der Waals surface area contributed by atoms with Gasteiger partial charge in [0.1, 0.15) is 0 Å². The number of amides is 1. The first-order valence-corrected chi connectivity index (χ1v) is 6.14. The highest BCUT2D eigenvalue weighted by Gasteiger charge is 2.33. The summed E-state index contributed by atoms with van der Waals surface area (Å²) in [6.07, 6.45) is 2.95. The number of nitrogens with one attached hydrogen (secondary N) is 1. The van der Waals surface area contributed by atoms with Crippen molar-refractivity contribution in [2.24, 2.45) is 5.41 Å². The van der Waals surface area contributed by atoms with E-state index in [1.54, 1.807) is 0 Å². The molecule has 15 heavy (non-hydrogen) atoms. The molecule has 88 valence electrons. The molecule has 3 nitrogen and oxygen atoms in total. The van der Waals surface area contributed by atoms with Crippen LogP contribution < -0.4 is 5.32 Å². The van der Waals surface area contributed by atoms with E-state index >= 15 is 0 Å². The molecule has 1 rings (SSSR count). The maximum atomic E-state index is 12.3. The van der Waals surface area contributed by atoms with Crippen LogP contribution >= 0.6 is 0 Å². The average Bonchev–Trinajstić information content (AvgIpc) is 2.55. The van der Waals surface area contributed by atoms with Gasteiger partial charge in [0.15, 0.2) is 0 Å². The van der Waals surface area contributed by atoms with Crippen molar-refractivity contribution < 1.29 is 4.79 Å². The summed E-state index contributed by atoms with van der Waals surface area (Å²) in [5.74, 6) is 0.344. The highest BCUT2D eigenvalue weighted by Crippen LogP contribution is 2.28. The number of carbonyl (C=O) groups excluding carboxylic acids is 1. The predicted molar refractivity (Wildman–Crippen MR) is 62.8 cm³/mol. The number of hydrogen-bond donors (Lipinski definition) is 1. The lowest BCUT2D eigenvalue weighted by molar-refractivity contribution is -0.141. The topological polar surface area (TPSA) is 32.3 Å². The largest absolute Gasteiger partial charge is 0.341 e. The van der Waals surface area contributed by atoms with E-state index in [2.05, 4.69) is 26.1 Å². The third kappa shape index (κ3) is 2.94. The van der Waals surface area contributed by atoms with E-state index in [-0.39, 0.29) is 5.41 Å². The number of rotatable bonds is 3. The molecular formula is C12H24N2O. The Morgan fingerprint density at radius 3 is 2.53 bits per heavy atom. The van der Waals surface area contributed by atoms with E-state index < -0.39 is 0 Å². The summed E-state index contributed by atoms with van der Waals surface area (Å²) >= 11 is 0. The van der Waals surface area contributed by atoms with Gasteiger partial charge in [0, 0.05) is 25.0 Å². The van der Waals surface area contributed by atoms with Crippen molar-refractivity contribution in [3.63, 3.8) is 0 Å². The molecule has 1 aliphatic heterocycles. The van der Waals surface area contributed by atoms with Crippen molar-refractivity contribution in [3.05, 3.63) is 0 Å². The van der Waals surface area contributed by atoms with Crippen molar-refractivity contribution in [2.75, 3.05) is 26.2 Å². The maximum absolute atomic E-state index is 12.3. The van der Waals surface area contributed by atoms with E-state index in [0.717, 1.165) is 45.4 Å². The first-order chi connectivity index (χ1) is 7.14. The van der Waals surface area contributed by atoms with Gasteiger partial charge < -0.3 is 10.2 Å².